The van der Waals surface area contributed by atoms with Crippen molar-refractivity contribution >= 4 is 46.0 Å². The lowest BCUT2D eigenvalue weighted by Crippen LogP contribution is -2.37. The van der Waals surface area contributed by atoms with E-state index in [0.717, 1.165) is 4.57 Å². The molecule has 3 aromatic rings. The maximum atomic E-state index is 12.3. The predicted molar refractivity (Wildman–Crippen MR) is 95.3 cm³/mol. The van der Waals surface area contributed by atoms with Crippen molar-refractivity contribution in [1.82, 2.24) is 18.7 Å². The first-order valence-electron chi connectivity index (χ1n) is 7.15. The van der Waals surface area contributed by atoms with Crippen LogP contribution in [-0.2, 0) is 25.4 Å². The Labute approximate surface area is 151 Å². The van der Waals surface area contributed by atoms with E-state index < -0.39 is 17.2 Å². The molecule has 10 heteroatoms. The number of anilines is 1. The van der Waals surface area contributed by atoms with E-state index in [1.807, 2.05) is 0 Å². The number of fused-ring (bicyclic) bond motifs is 1. The van der Waals surface area contributed by atoms with Crippen LogP contribution in [0.5, 0.6) is 0 Å². The van der Waals surface area contributed by atoms with Crippen LogP contribution in [0, 0.1) is 0 Å². The second-order valence-electron chi connectivity index (χ2n) is 5.42. The molecule has 3 rings (SSSR count). The number of aryl methyl sites for hydroxylation is 1. The Kier molecular flexibility index (Phi) is 4.40. The number of hydrogen-bond donors (Lipinski definition) is 1. The van der Waals surface area contributed by atoms with Crippen LogP contribution >= 0.6 is 23.2 Å². The third-order valence-corrected chi connectivity index (χ3v) is 4.30. The molecule has 0 spiro atoms. The van der Waals surface area contributed by atoms with Crippen molar-refractivity contribution in [1.29, 1.82) is 0 Å². The molecule has 1 aromatic carbocycles. The maximum absolute atomic E-state index is 12.3. The molecule has 0 aliphatic rings. The summed E-state index contributed by atoms with van der Waals surface area (Å²) < 4.78 is 3.59. The number of carbonyl (C=O) groups is 1. The minimum absolute atomic E-state index is 0.164. The van der Waals surface area contributed by atoms with Gasteiger partial charge in [-0.1, -0.05) is 23.2 Å². The Hall–Kier alpha value is -2.58. The van der Waals surface area contributed by atoms with Crippen molar-refractivity contribution in [2.75, 3.05) is 5.32 Å². The van der Waals surface area contributed by atoms with Crippen LogP contribution in [0.3, 0.4) is 0 Å². The number of rotatable bonds is 3. The highest BCUT2D eigenvalue weighted by Gasteiger charge is 2.16. The molecule has 1 N–H and O–H groups in total. The first-order valence-corrected chi connectivity index (χ1v) is 7.91. The van der Waals surface area contributed by atoms with Crippen LogP contribution in [0.1, 0.15) is 0 Å². The third-order valence-electron chi connectivity index (χ3n) is 3.73. The summed E-state index contributed by atoms with van der Waals surface area (Å²) in [5.41, 5.74) is -0.274. The number of amides is 1. The topological polar surface area (TPSA) is 90.9 Å². The fourth-order valence-corrected chi connectivity index (χ4v) is 2.79. The molecule has 8 nitrogen and oxygen atoms in total. The van der Waals surface area contributed by atoms with Crippen molar-refractivity contribution < 1.29 is 4.79 Å². The van der Waals surface area contributed by atoms with Crippen molar-refractivity contribution in [2.45, 2.75) is 6.54 Å². The first kappa shape index (κ1) is 17.2. The number of nitrogens with zero attached hydrogens (tertiary/aromatic N) is 4. The molecule has 0 saturated heterocycles. The van der Waals surface area contributed by atoms with E-state index in [9.17, 15) is 14.4 Å². The van der Waals surface area contributed by atoms with Crippen LogP contribution in [0.2, 0.25) is 10.0 Å². The molecule has 2 heterocycles. The lowest BCUT2D eigenvalue weighted by molar-refractivity contribution is -0.116. The zero-order chi connectivity index (χ0) is 18.3. The van der Waals surface area contributed by atoms with Gasteiger partial charge in [-0.2, -0.15) is 0 Å². The summed E-state index contributed by atoms with van der Waals surface area (Å²) >= 11 is 11.9. The Morgan fingerprint density at radius 1 is 1.20 bits per heavy atom. The van der Waals surface area contributed by atoms with E-state index in [4.69, 9.17) is 23.2 Å². The molecule has 2 aromatic heterocycles. The molecular weight excluding hydrogens is 369 g/mol. The van der Waals surface area contributed by atoms with Gasteiger partial charge in [0.15, 0.2) is 11.2 Å². The predicted octanol–water partition coefficient (Wildman–Crippen LogP) is 1.38. The van der Waals surface area contributed by atoms with Crippen molar-refractivity contribution in [3.63, 3.8) is 0 Å². The Bertz CT molecular complexity index is 1110. The minimum atomic E-state index is -0.524. The number of halogens is 2. The summed E-state index contributed by atoms with van der Waals surface area (Å²) in [4.78, 5) is 40.6. The summed E-state index contributed by atoms with van der Waals surface area (Å²) in [6, 6.07) is 4.70. The molecule has 0 saturated carbocycles. The zero-order valence-corrected chi connectivity index (χ0v) is 14.8. The van der Waals surface area contributed by atoms with E-state index in [1.54, 1.807) is 12.1 Å². The summed E-state index contributed by atoms with van der Waals surface area (Å²) in [6.07, 6.45) is 1.34. The molecule has 130 valence electrons. The summed E-state index contributed by atoms with van der Waals surface area (Å²) in [5.74, 6) is -0.417. The smallest absolute Gasteiger partial charge is 0.323 e. The molecule has 25 heavy (non-hydrogen) atoms. The molecule has 0 fully saturated rings. The average molecular weight is 382 g/mol. The molecule has 0 bridgehead atoms. The van der Waals surface area contributed by atoms with Gasteiger partial charge in [0.1, 0.15) is 6.54 Å². The number of nitrogens with one attached hydrogen (secondary N) is 1. The number of carbonyl (C=O) groups excluding carboxylic acids is 1. The monoisotopic (exact) mass is 381 g/mol. The lowest BCUT2D eigenvalue weighted by Gasteiger charge is -2.09. The van der Waals surface area contributed by atoms with E-state index in [2.05, 4.69) is 10.3 Å². The molecule has 0 atom stereocenters. The van der Waals surface area contributed by atoms with E-state index in [0.29, 0.717) is 15.7 Å². The largest absolute Gasteiger partial charge is 0.332 e. The number of hydrogen-bond acceptors (Lipinski definition) is 4. The fraction of sp³-hybridized carbons (Fsp3) is 0.200. The van der Waals surface area contributed by atoms with E-state index in [1.165, 1.54) is 35.6 Å². The Balaban J connectivity index is 1.96. The second-order valence-corrected chi connectivity index (χ2v) is 6.27. The van der Waals surface area contributed by atoms with Gasteiger partial charge in [-0.15, -0.1) is 0 Å². The quantitative estimate of drug-likeness (QED) is 0.741. The van der Waals surface area contributed by atoms with Crippen LogP contribution < -0.4 is 16.6 Å². The highest BCUT2D eigenvalue weighted by atomic mass is 35.5. The lowest BCUT2D eigenvalue weighted by atomic mass is 10.3. The van der Waals surface area contributed by atoms with E-state index >= 15 is 0 Å². The normalized spacial score (nSPS) is 11.0. The van der Waals surface area contributed by atoms with Gasteiger partial charge in [0.05, 0.1) is 17.0 Å². The molecule has 0 unspecified atom stereocenters. The summed E-state index contributed by atoms with van der Waals surface area (Å²) in [5, 5.41) is 3.40. The Morgan fingerprint density at radius 2 is 1.92 bits per heavy atom. The van der Waals surface area contributed by atoms with Crippen LogP contribution in [-0.4, -0.2) is 24.6 Å². The van der Waals surface area contributed by atoms with Crippen molar-refractivity contribution in [3.8, 4) is 0 Å². The van der Waals surface area contributed by atoms with Gasteiger partial charge in [0, 0.05) is 19.1 Å². The Morgan fingerprint density at radius 3 is 2.64 bits per heavy atom. The highest BCUT2D eigenvalue weighted by Crippen LogP contribution is 2.25. The SMILES string of the molecule is Cn1c(=O)c2c(ncn2CC(=O)Nc2cc(Cl)ccc2Cl)n(C)c1=O. The van der Waals surface area contributed by atoms with Gasteiger partial charge in [-0.05, 0) is 18.2 Å². The molecule has 0 aliphatic carbocycles. The summed E-state index contributed by atoms with van der Waals surface area (Å²) in [7, 11) is 2.88. The fourth-order valence-electron chi connectivity index (χ4n) is 2.45. The molecule has 0 radical (unpaired) electrons. The number of imidazole rings is 1. The second kappa shape index (κ2) is 6.38. The van der Waals surface area contributed by atoms with Gasteiger partial charge in [0.25, 0.3) is 5.56 Å². The number of aromatic nitrogens is 4. The van der Waals surface area contributed by atoms with Gasteiger partial charge in [-0.25, -0.2) is 9.78 Å². The van der Waals surface area contributed by atoms with Crippen LogP contribution in [0.25, 0.3) is 11.2 Å². The van der Waals surface area contributed by atoms with Gasteiger partial charge in [0.2, 0.25) is 5.91 Å². The zero-order valence-electron chi connectivity index (χ0n) is 13.3. The minimum Gasteiger partial charge on any atom is -0.323 e. The van der Waals surface area contributed by atoms with Gasteiger partial charge < -0.3 is 9.88 Å². The highest BCUT2D eigenvalue weighted by molar-refractivity contribution is 6.35. The standard InChI is InChI=1S/C15H13Cl2N5O3/c1-20-13-12(14(24)21(2)15(20)25)22(7-18-13)6-11(23)19-10-5-8(16)3-4-9(10)17/h3-5,7H,6H2,1-2H3,(H,19,23). The van der Waals surface area contributed by atoms with Crippen LogP contribution in [0.15, 0.2) is 34.1 Å². The average Bonchev–Trinajstić information content (AvgIpc) is 2.98. The third kappa shape index (κ3) is 3.06. The van der Waals surface area contributed by atoms with Crippen molar-refractivity contribution in [3.05, 3.63) is 55.4 Å². The van der Waals surface area contributed by atoms with Crippen molar-refractivity contribution in [2.24, 2.45) is 14.1 Å². The molecule has 1 amide bonds. The van der Waals surface area contributed by atoms with Gasteiger partial charge in [-0.3, -0.25) is 18.7 Å². The summed E-state index contributed by atoms with van der Waals surface area (Å²) in [6.45, 7) is -0.174. The van der Waals surface area contributed by atoms with Crippen LogP contribution in [0.4, 0.5) is 5.69 Å². The molecular formula is C15H13Cl2N5O3. The maximum Gasteiger partial charge on any atom is 0.332 e. The van der Waals surface area contributed by atoms with Gasteiger partial charge >= 0.3 is 5.69 Å². The first-order chi connectivity index (χ1) is 11.8. The number of benzene rings is 1. The molecule has 0 aliphatic heterocycles. The van der Waals surface area contributed by atoms with E-state index in [-0.39, 0.29) is 17.7 Å².